The number of hydrogen-bond acceptors (Lipinski definition) is 2. The van der Waals surface area contributed by atoms with Gasteiger partial charge in [0.2, 0.25) is 0 Å². The van der Waals surface area contributed by atoms with Crippen LogP contribution in [0.3, 0.4) is 0 Å². The van der Waals surface area contributed by atoms with Crippen LogP contribution in [-0.2, 0) is 4.74 Å². The standard InChI is InChI=1S/C8H16N3O.3C4H9.Sn/c1-3-4-5-6-8(12-2)7-10-11-9;3*1-3-4-2;/h8H,2-7H2,1H3;3*1,3-4H2,2H3;. The van der Waals surface area contributed by atoms with Crippen LogP contribution in [0.25, 0.3) is 10.4 Å². The molecule has 25 heavy (non-hydrogen) atoms. The predicted molar refractivity (Wildman–Crippen MR) is 113 cm³/mol. The fraction of sp³-hybridized carbons (Fsp3) is 1.00. The third kappa shape index (κ3) is 13.0. The van der Waals surface area contributed by atoms with Gasteiger partial charge >= 0.3 is 161 Å². The van der Waals surface area contributed by atoms with Crippen molar-refractivity contribution in [3.63, 3.8) is 0 Å². The summed E-state index contributed by atoms with van der Waals surface area (Å²) < 4.78 is 12.0. The SMILES string of the molecule is CCCCCC(CN=[N+]=[N-])O[CH2][Sn]([CH2]CCC)([CH2]CCC)[CH2]CCC. The summed E-state index contributed by atoms with van der Waals surface area (Å²) in [6.07, 6.45) is 12.9. The molecule has 1 atom stereocenters. The third-order valence-corrected chi connectivity index (χ3v) is 19.6. The molecule has 0 bridgehead atoms. The summed E-state index contributed by atoms with van der Waals surface area (Å²) in [5.74, 6) is 0. The van der Waals surface area contributed by atoms with E-state index < -0.39 is 18.4 Å². The van der Waals surface area contributed by atoms with Crippen LogP contribution in [0.5, 0.6) is 0 Å². The molecule has 0 rings (SSSR count). The quantitative estimate of drug-likeness (QED) is 0.0681. The molecule has 0 aliphatic rings. The van der Waals surface area contributed by atoms with Gasteiger partial charge in [-0.1, -0.05) is 0 Å². The predicted octanol–water partition coefficient (Wildman–Crippen LogP) is 7.65. The van der Waals surface area contributed by atoms with Crippen LogP contribution >= 0.6 is 0 Å². The zero-order valence-electron chi connectivity index (χ0n) is 17.4. The van der Waals surface area contributed by atoms with Crippen molar-refractivity contribution in [2.75, 3.05) is 11.2 Å². The molecule has 0 aromatic carbocycles. The van der Waals surface area contributed by atoms with Crippen LogP contribution in [0.2, 0.25) is 13.3 Å². The Morgan fingerprint density at radius 2 is 1.36 bits per heavy atom. The van der Waals surface area contributed by atoms with Crippen molar-refractivity contribution < 1.29 is 4.74 Å². The van der Waals surface area contributed by atoms with Crippen LogP contribution < -0.4 is 0 Å². The molecule has 0 saturated carbocycles. The number of rotatable bonds is 18. The molecule has 4 nitrogen and oxygen atoms in total. The zero-order valence-corrected chi connectivity index (χ0v) is 20.3. The number of azide groups is 1. The van der Waals surface area contributed by atoms with E-state index in [0.29, 0.717) is 6.54 Å². The molecule has 0 aliphatic carbocycles. The molecule has 0 amide bonds. The van der Waals surface area contributed by atoms with Gasteiger partial charge in [0.15, 0.2) is 0 Å². The second kappa shape index (κ2) is 17.5. The topological polar surface area (TPSA) is 58.0 Å². The number of hydrogen-bond donors (Lipinski definition) is 0. The van der Waals surface area contributed by atoms with Crippen molar-refractivity contribution in [3.05, 3.63) is 10.4 Å². The first-order valence-corrected chi connectivity index (χ1v) is 18.9. The van der Waals surface area contributed by atoms with E-state index in [1.165, 1.54) is 71.1 Å². The maximum absolute atomic E-state index is 8.68. The molecule has 0 aromatic rings. The van der Waals surface area contributed by atoms with Crippen molar-refractivity contribution in [3.8, 4) is 0 Å². The van der Waals surface area contributed by atoms with Gasteiger partial charge in [-0.2, -0.15) is 0 Å². The van der Waals surface area contributed by atoms with E-state index in [4.69, 9.17) is 10.3 Å². The summed E-state index contributed by atoms with van der Waals surface area (Å²) in [4.78, 5) is 2.96. The Balaban J connectivity index is 4.88. The van der Waals surface area contributed by atoms with E-state index >= 15 is 0 Å². The molecule has 0 heterocycles. The molecule has 0 aromatic heterocycles. The second-order valence-corrected chi connectivity index (χ2v) is 21.3. The van der Waals surface area contributed by atoms with Crippen LogP contribution in [0.1, 0.15) is 91.9 Å². The van der Waals surface area contributed by atoms with Gasteiger partial charge in [0.05, 0.1) is 0 Å². The van der Waals surface area contributed by atoms with Crippen molar-refractivity contribution in [2.45, 2.75) is 111 Å². The van der Waals surface area contributed by atoms with E-state index in [9.17, 15) is 0 Å². The Labute approximate surface area is 161 Å². The Bertz CT molecular complexity index is 324. The van der Waals surface area contributed by atoms with Crippen LogP contribution in [0.4, 0.5) is 0 Å². The van der Waals surface area contributed by atoms with Crippen molar-refractivity contribution >= 4 is 18.4 Å². The van der Waals surface area contributed by atoms with E-state index in [-0.39, 0.29) is 6.10 Å². The average Bonchev–Trinajstić information content (AvgIpc) is 2.64. The van der Waals surface area contributed by atoms with Gasteiger partial charge in [0.25, 0.3) is 0 Å². The van der Waals surface area contributed by atoms with Gasteiger partial charge in [-0.05, 0) is 0 Å². The summed E-state index contributed by atoms with van der Waals surface area (Å²) >= 11 is -2.23. The van der Waals surface area contributed by atoms with Crippen LogP contribution in [-0.4, -0.2) is 35.6 Å². The van der Waals surface area contributed by atoms with E-state index in [0.717, 1.165) is 11.0 Å². The molecule has 0 saturated heterocycles. The van der Waals surface area contributed by atoms with Crippen LogP contribution in [0, 0.1) is 0 Å². The number of ether oxygens (including phenoxy) is 1. The van der Waals surface area contributed by atoms with Gasteiger partial charge in [-0.15, -0.1) is 0 Å². The summed E-state index contributed by atoms with van der Waals surface area (Å²) in [7, 11) is 0. The molecule has 148 valence electrons. The maximum atomic E-state index is 8.68. The molecule has 5 heteroatoms. The van der Waals surface area contributed by atoms with Gasteiger partial charge in [-0.25, -0.2) is 0 Å². The molecule has 0 radical (unpaired) electrons. The molecule has 0 fully saturated rings. The van der Waals surface area contributed by atoms with Gasteiger partial charge < -0.3 is 0 Å². The van der Waals surface area contributed by atoms with Crippen molar-refractivity contribution in [1.82, 2.24) is 0 Å². The van der Waals surface area contributed by atoms with Gasteiger partial charge in [0.1, 0.15) is 0 Å². The molecule has 0 N–H and O–H groups in total. The Morgan fingerprint density at radius 3 is 1.80 bits per heavy atom. The van der Waals surface area contributed by atoms with Gasteiger partial charge in [-0.3, -0.25) is 0 Å². The first kappa shape index (κ1) is 25.1. The minimum absolute atomic E-state index is 0.142. The summed E-state index contributed by atoms with van der Waals surface area (Å²) in [5, 5.41) is 3.82. The van der Waals surface area contributed by atoms with Crippen LogP contribution in [0.15, 0.2) is 5.11 Å². The van der Waals surface area contributed by atoms with Crippen molar-refractivity contribution in [2.24, 2.45) is 5.11 Å². The summed E-state index contributed by atoms with van der Waals surface area (Å²) in [6.45, 7) is 9.67. The average molecular weight is 460 g/mol. The zero-order chi connectivity index (χ0) is 18.8. The monoisotopic (exact) mass is 461 g/mol. The van der Waals surface area contributed by atoms with E-state index in [1.54, 1.807) is 0 Å². The van der Waals surface area contributed by atoms with Crippen molar-refractivity contribution in [1.29, 1.82) is 0 Å². The number of nitrogens with zero attached hydrogens (tertiary/aromatic N) is 3. The Morgan fingerprint density at radius 1 is 0.840 bits per heavy atom. The summed E-state index contributed by atoms with van der Waals surface area (Å²) in [6, 6.07) is 0. The number of unbranched alkanes of at least 4 members (excludes halogenated alkanes) is 5. The van der Waals surface area contributed by atoms with E-state index in [1.807, 2.05) is 0 Å². The Hall–Kier alpha value is 0.0687. The molecule has 0 spiro atoms. The van der Waals surface area contributed by atoms with E-state index in [2.05, 4.69) is 37.7 Å². The molecular formula is C20H43N3OSn. The first-order chi connectivity index (χ1) is 12.2. The molecular weight excluding hydrogens is 417 g/mol. The first-order valence-electron chi connectivity index (χ1n) is 10.8. The minimum atomic E-state index is -2.23. The Kier molecular flexibility index (Phi) is 17.5. The fourth-order valence-corrected chi connectivity index (χ4v) is 18.0. The normalized spacial score (nSPS) is 12.8. The summed E-state index contributed by atoms with van der Waals surface area (Å²) in [5.41, 5.74) is 8.68. The van der Waals surface area contributed by atoms with Gasteiger partial charge in [0, 0.05) is 0 Å². The fourth-order valence-electron chi connectivity index (χ4n) is 3.52. The third-order valence-electron chi connectivity index (χ3n) is 5.29. The second-order valence-electron chi connectivity index (χ2n) is 7.65. The molecule has 1 unspecified atom stereocenters. The molecule has 0 aliphatic heterocycles.